The second-order valence-electron chi connectivity index (χ2n) is 6.72. The molecule has 0 aliphatic heterocycles. The number of nitrogen functional groups attached to an aromatic ring is 1. The van der Waals surface area contributed by atoms with Gasteiger partial charge in [0, 0.05) is 11.3 Å². The minimum absolute atomic E-state index is 0.564. The predicted octanol–water partition coefficient (Wildman–Crippen LogP) is 5.65. The SMILES string of the molecule is Nc1ccc(C#CC(c2ccccc2)(c2ccccc2)c2ccccc2)cc1. The average Bonchev–Trinajstić information content (AvgIpc) is 2.78. The Hall–Kier alpha value is -3.76. The lowest BCUT2D eigenvalue weighted by Crippen LogP contribution is -2.27. The van der Waals surface area contributed by atoms with Gasteiger partial charge in [0.15, 0.2) is 0 Å². The minimum atomic E-state index is -0.564. The third-order valence-corrected chi connectivity index (χ3v) is 4.93. The molecule has 0 bridgehead atoms. The van der Waals surface area contributed by atoms with Crippen molar-refractivity contribution in [2.45, 2.75) is 5.41 Å². The molecule has 28 heavy (non-hydrogen) atoms. The Morgan fingerprint density at radius 1 is 0.500 bits per heavy atom. The van der Waals surface area contributed by atoms with E-state index < -0.39 is 5.41 Å². The summed E-state index contributed by atoms with van der Waals surface area (Å²) >= 11 is 0. The van der Waals surface area contributed by atoms with E-state index in [9.17, 15) is 0 Å². The second kappa shape index (κ2) is 7.86. The van der Waals surface area contributed by atoms with Gasteiger partial charge in [0.2, 0.25) is 0 Å². The summed E-state index contributed by atoms with van der Waals surface area (Å²) in [4.78, 5) is 0. The number of rotatable bonds is 3. The molecule has 0 saturated heterocycles. The van der Waals surface area contributed by atoms with Gasteiger partial charge in [-0.05, 0) is 41.0 Å². The van der Waals surface area contributed by atoms with E-state index >= 15 is 0 Å². The van der Waals surface area contributed by atoms with Crippen molar-refractivity contribution < 1.29 is 0 Å². The molecule has 0 aliphatic carbocycles. The molecule has 0 unspecified atom stereocenters. The van der Waals surface area contributed by atoms with Crippen molar-refractivity contribution in [2.24, 2.45) is 0 Å². The average molecular weight is 359 g/mol. The van der Waals surface area contributed by atoms with Gasteiger partial charge >= 0.3 is 0 Å². The van der Waals surface area contributed by atoms with Crippen molar-refractivity contribution in [1.29, 1.82) is 0 Å². The molecule has 0 aliphatic rings. The van der Waals surface area contributed by atoms with Crippen LogP contribution >= 0.6 is 0 Å². The maximum atomic E-state index is 5.83. The van der Waals surface area contributed by atoms with Crippen LogP contribution in [0.2, 0.25) is 0 Å². The van der Waals surface area contributed by atoms with Crippen LogP contribution in [0.3, 0.4) is 0 Å². The Bertz CT molecular complexity index is 990. The molecule has 2 N–H and O–H groups in total. The lowest BCUT2D eigenvalue weighted by molar-refractivity contribution is 0.809. The fourth-order valence-corrected chi connectivity index (χ4v) is 3.51. The van der Waals surface area contributed by atoms with Crippen LogP contribution in [0.5, 0.6) is 0 Å². The smallest absolute Gasteiger partial charge is 0.107 e. The molecule has 0 saturated carbocycles. The molecule has 0 heterocycles. The lowest BCUT2D eigenvalue weighted by atomic mass is 9.70. The molecule has 0 aromatic heterocycles. The number of hydrogen-bond donors (Lipinski definition) is 1. The van der Waals surface area contributed by atoms with Gasteiger partial charge in [0.05, 0.1) is 0 Å². The summed E-state index contributed by atoms with van der Waals surface area (Å²) in [6.45, 7) is 0. The van der Waals surface area contributed by atoms with Crippen LogP contribution in [-0.4, -0.2) is 0 Å². The summed E-state index contributed by atoms with van der Waals surface area (Å²) in [5, 5.41) is 0. The first-order chi connectivity index (χ1) is 13.8. The number of anilines is 1. The zero-order valence-corrected chi connectivity index (χ0v) is 15.5. The van der Waals surface area contributed by atoms with Crippen molar-refractivity contribution in [3.05, 3.63) is 138 Å². The van der Waals surface area contributed by atoms with Gasteiger partial charge in [-0.25, -0.2) is 0 Å². The summed E-state index contributed by atoms with van der Waals surface area (Å²) in [6.07, 6.45) is 0. The molecule has 0 radical (unpaired) electrons. The van der Waals surface area contributed by atoms with Crippen LogP contribution in [0.25, 0.3) is 0 Å². The Kier molecular flexibility index (Phi) is 4.95. The zero-order valence-electron chi connectivity index (χ0n) is 15.5. The van der Waals surface area contributed by atoms with Gasteiger partial charge in [-0.15, -0.1) is 0 Å². The predicted molar refractivity (Wildman–Crippen MR) is 117 cm³/mol. The molecule has 0 amide bonds. The summed E-state index contributed by atoms with van der Waals surface area (Å²) in [5.74, 6) is 7.03. The monoisotopic (exact) mass is 359 g/mol. The van der Waals surface area contributed by atoms with Crippen molar-refractivity contribution in [3.63, 3.8) is 0 Å². The molecule has 4 rings (SSSR count). The molecule has 4 aromatic rings. The number of hydrogen-bond acceptors (Lipinski definition) is 1. The van der Waals surface area contributed by atoms with E-state index in [1.807, 2.05) is 42.5 Å². The first-order valence-corrected chi connectivity index (χ1v) is 9.34. The lowest BCUT2D eigenvalue weighted by Gasteiger charge is -2.31. The quantitative estimate of drug-likeness (QED) is 0.285. The molecule has 134 valence electrons. The fourth-order valence-electron chi connectivity index (χ4n) is 3.51. The Balaban J connectivity index is 2.00. The van der Waals surface area contributed by atoms with E-state index in [4.69, 9.17) is 5.73 Å². The van der Waals surface area contributed by atoms with Crippen molar-refractivity contribution in [3.8, 4) is 11.8 Å². The highest BCUT2D eigenvalue weighted by atomic mass is 14.5. The van der Waals surface area contributed by atoms with Crippen molar-refractivity contribution in [1.82, 2.24) is 0 Å². The maximum absolute atomic E-state index is 5.83. The van der Waals surface area contributed by atoms with Gasteiger partial charge in [-0.3, -0.25) is 0 Å². The molecular weight excluding hydrogens is 338 g/mol. The summed E-state index contributed by atoms with van der Waals surface area (Å²) in [7, 11) is 0. The molecule has 1 nitrogen and oxygen atoms in total. The Morgan fingerprint density at radius 2 is 0.893 bits per heavy atom. The van der Waals surface area contributed by atoms with Crippen LogP contribution in [0.15, 0.2) is 115 Å². The molecule has 1 heteroatoms. The molecule has 0 fully saturated rings. The highest BCUT2D eigenvalue weighted by Gasteiger charge is 2.34. The minimum Gasteiger partial charge on any atom is -0.399 e. The van der Waals surface area contributed by atoms with E-state index in [0.717, 1.165) is 27.9 Å². The van der Waals surface area contributed by atoms with Crippen molar-refractivity contribution >= 4 is 5.69 Å². The van der Waals surface area contributed by atoms with E-state index in [1.165, 1.54) is 0 Å². The van der Waals surface area contributed by atoms with Gasteiger partial charge in [-0.1, -0.05) is 103 Å². The third kappa shape index (κ3) is 3.41. The fraction of sp³-hybridized carbons (Fsp3) is 0.0370. The Labute approximate surface area is 166 Å². The van der Waals surface area contributed by atoms with Crippen LogP contribution in [0.4, 0.5) is 5.69 Å². The van der Waals surface area contributed by atoms with Crippen molar-refractivity contribution in [2.75, 3.05) is 5.73 Å². The summed E-state index contributed by atoms with van der Waals surface area (Å²) in [6, 6.07) is 39.2. The van der Waals surface area contributed by atoms with E-state index in [1.54, 1.807) is 0 Å². The van der Waals surface area contributed by atoms with Crippen LogP contribution < -0.4 is 5.73 Å². The van der Waals surface area contributed by atoms with Gasteiger partial charge < -0.3 is 5.73 Å². The molecule has 0 spiro atoms. The van der Waals surface area contributed by atoms with Gasteiger partial charge in [-0.2, -0.15) is 0 Å². The third-order valence-electron chi connectivity index (χ3n) is 4.93. The highest BCUT2D eigenvalue weighted by Crippen LogP contribution is 2.38. The van der Waals surface area contributed by atoms with Gasteiger partial charge in [0.25, 0.3) is 0 Å². The zero-order chi connectivity index (χ0) is 19.2. The van der Waals surface area contributed by atoms with Crippen LogP contribution in [-0.2, 0) is 5.41 Å². The summed E-state index contributed by atoms with van der Waals surface area (Å²) < 4.78 is 0. The maximum Gasteiger partial charge on any atom is 0.107 e. The van der Waals surface area contributed by atoms with E-state index in [-0.39, 0.29) is 0 Å². The van der Waals surface area contributed by atoms with E-state index in [2.05, 4.69) is 84.6 Å². The standard InChI is InChI=1S/C27H21N/c28-26-18-16-22(17-19-26)20-21-27(23-10-4-1-5-11-23,24-12-6-2-7-13-24)25-14-8-3-9-15-25/h1-19H,28H2. The Morgan fingerprint density at radius 3 is 1.29 bits per heavy atom. The largest absolute Gasteiger partial charge is 0.399 e. The topological polar surface area (TPSA) is 26.0 Å². The normalized spacial score (nSPS) is 10.7. The molecule has 4 aromatic carbocycles. The first-order valence-electron chi connectivity index (χ1n) is 9.34. The number of benzene rings is 4. The van der Waals surface area contributed by atoms with Gasteiger partial charge in [0.1, 0.15) is 5.41 Å². The first kappa shape index (κ1) is 17.6. The van der Waals surface area contributed by atoms with Crippen LogP contribution in [0, 0.1) is 11.8 Å². The van der Waals surface area contributed by atoms with E-state index in [0.29, 0.717) is 0 Å². The van der Waals surface area contributed by atoms with Crippen LogP contribution in [0.1, 0.15) is 22.3 Å². The molecule has 0 atom stereocenters. The second-order valence-corrected chi connectivity index (χ2v) is 6.72. The summed E-state index contributed by atoms with van der Waals surface area (Å²) in [5.41, 5.74) is 10.4. The highest BCUT2D eigenvalue weighted by molar-refractivity contribution is 5.59. The molecular formula is C27H21N. The number of nitrogens with two attached hydrogens (primary N) is 1.